The molecule has 0 unspecified atom stereocenters. The summed E-state index contributed by atoms with van der Waals surface area (Å²) in [7, 11) is 3.39. The average Bonchev–Trinajstić information content (AvgIpc) is 2.82. The van der Waals surface area contributed by atoms with E-state index in [-0.39, 0.29) is 48.3 Å². The Morgan fingerprint density at radius 1 is 1.12 bits per heavy atom. The lowest BCUT2D eigenvalue weighted by molar-refractivity contribution is -0.141. The number of nitrogens with zero attached hydrogens (tertiary/aromatic N) is 2. The number of carbonyl (C=O) groups is 3. The van der Waals surface area contributed by atoms with Gasteiger partial charge in [0.1, 0.15) is 12.4 Å². The van der Waals surface area contributed by atoms with Crippen molar-refractivity contribution in [2.24, 2.45) is 11.8 Å². The fraction of sp³-hybridized carbons (Fsp3) is 0.654. The Morgan fingerprint density at radius 3 is 2.47 bits per heavy atom. The van der Waals surface area contributed by atoms with Gasteiger partial charge in [0.05, 0.1) is 17.7 Å². The number of fused-ring (bicyclic) bond motifs is 1. The van der Waals surface area contributed by atoms with E-state index in [2.05, 4.69) is 12.2 Å². The van der Waals surface area contributed by atoms with Crippen LogP contribution in [0, 0.1) is 11.8 Å². The monoisotopic (exact) mass is 473 g/mol. The first kappa shape index (κ1) is 26.0. The molecule has 1 fully saturated rings. The number of carbonyl (C=O) groups excluding carboxylic acids is 3. The van der Waals surface area contributed by atoms with Gasteiger partial charge in [-0.15, -0.1) is 0 Å². The van der Waals surface area contributed by atoms with Crippen LogP contribution in [0.4, 0.5) is 5.69 Å². The lowest BCUT2D eigenvalue weighted by Gasteiger charge is -2.38. The molecule has 1 heterocycles. The molecule has 34 heavy (non-hydrogen) atoms. The van der Waals surface area contributed by atoms with E-state index < -0.39 is 0 Å². The Morgan fingerprint density at radius 2 is 1.82 bits per heavy atom. The minimum absolute atomic E-state index is 0.0382. The molecule has 8 heteroatoms. The third-order valence-corrected chi connectivity index (χ3v) is 7.00. The summed E-state index contributed by atoms with van der Waals surface area (Å²) in [5.74, 6) is 0.290. The summed E-state index contributed by atoms with van der Waals surface area (Å²) in [6, 6.07) is 4.86. The van der Waals surface area contributed by atoms with Crippen LogP contribution in [0.5, 0.6) is 5.75 Å². The van der Waals surface area contributed by atoms with Crippen molar-refractivity contribution in [1.29, 1.82) is 0 Å². The van der Waals surface area contributed by atoms with Gasteiger partial charge in [0.25, 0.3) is 5.91 Å². The summed E-state index contributed by atoms with van der Waals surface area (Å²) in [5.41, 5.74) is 0.969. The summed E-state index contributed by atoms with van der Waals surface area (Å²) < 4.78 is 11.9. The van der Waals surface area contributed by atoms with E-state index >= 15 is 0 Å². The third kappa shape index (κ3) is 6.29. The standard InChI is InChI=1S/C26H39N3O5/c1-17-14-29(25(31)20-9-7-6-8-10-20)18(2)16-34-23-13-21(27-19(3)30)11-12-22(23)26(32)28(4)15-24(17)33-5/h11-13,17-18,20,24H,6-10,14-16H2,1-5H3,(H,27,30)/t17-,18-,24-/m0/s1. The quantitative estimate of drug-likeness (QED) is 0.725. The van der Waals surface area contributed by atoms with Crippen LogP contribution >= 0.6 is 0 Å². The lowest BCUT2D eigenvalue weighted by Crippen LogP contribution is -2.50. The van der Waals surface area contributed by atoms with Crippen molar-refractivity contribution >= 4 is 23.4 Å². The fourth-order valence-corrected chi connectivity index (χ4v) is 4.94. The van der Waals surface area contributed by atoms with Gasteiger partial charge in [0.15, 0.2) is 0 Å². The first-order valence-electron chi connectivity index (χ1n) is 12.3. The van der Waals surface area contributed by atoms with Crippen molar-refractivity contribution < 1.29 is 23.9 Å². The summed E-state index contributed by atoms with van der Waals surface area (Å²) in [5, 5.41) is 2.74. The molecule has 3 amide bonds. The molecule has 188 valence electrons. The van der Waals surface area contributed by atoms with E-state index in [1.807, 2.05) is 11.8 Å². The maximum absolute atomic E-state index is 13.6. The van der Waals surface area contributed by atoms with Crippen LogP contribution in [0.15, 0.2) is 18.2 Å². The van der Waals surface area contributed by atoms with Gasteiger partial charge in [0.2, 0.25) is 11.8 Å². The average molecular weight is 474 g/mol. The van der Waals surface area contributed by atoms with E-state index in [9.17, 15) is 14.4 Å². The third-order valence-electron chi connectivity index (χ3n) is 7.00. The molecule has 0 aromatic heterocycles. The van der Waals surface area contributed by atoms with Gasteiger partial charge in [-0.2, -0.15) is 0 Å². The molecule has 1 aromatic rings. The number of likely N-dealkylation sites (N-methyl/N-ethyl adjacent to an activating group) is 1. The molecule has 8 nitrogen and oxygen atoms in total. The minimum atomic E-state index is -0.217. The molecule has 1 aliphatic heterocycles. The second-order valence-corrected chi connectivity index (χ2v) is 9.81. The Kier molecular flexibility index (Phi) is 8.94. The number of nitrogens with one attached hydrogen (secondary N) is 1. The number of amides is 3. The SMILES string of the molecule is CO[C@H]1CN(C)C(=O)c2ccc(NC(C)=O)cc2OC[C@H](C)N(C(=O)C2CCCCC2)C[C@@H]1C. The molecule has 1 saturated carbocycles. The molecule has 1 aromatic carbocycles. The van der Waals surface area contributed by atoms with Crippen LogP contribution in [-0.4, -0.2) is 73.5 Å². The number of hydrogen-bond acceptors (Lipinski definition) is 5. The fourth-order valence-electron chi connectivity index (χ4n) is 4.94. The van der Waals surface area contributed by atoms with Crippen molar-refractivity contribution in [3.8, 4) is 5.75 Å². The van der Waals surface area contributed by atoms with Crippen molar-refractivity contribution in [1.82, 2.24) is 9.80 Å². The van der Waals surface area contributed by atoms with Gasteiger partial charge in [0, 0.05) is 57.8 Å². The van der Waals surface area contributed by atoms with Crippen molar-refractivity contribution in [3.05, 3.63) is 23.8 Å². The molecule has 1 aliphatic carbocycles. The molecule has 0 radical (unpaired) electrons. The molecule has 1 N–H and O–H groups in total. The highest BCUT2D eigenvalue weighted by Gasteiger charge is 2.33. The number of methoxy groups -OCH3 is 1. The van der Waals surface area contributed by atoms with Gasteiger partial charge in [-0.25, -0.2) is 0 Å². The van der Waals surface area contributed by atoms with Gasteiger partial charge in [-0.1, -0.05) is 26.2 Å². The Balaban J connectivity index is 1.94. The molecular formula is C26H39N3O5. The van der Waals surface area contributed by atoms with Gasteiger partial charge < -0.3 is 24.6 Å². The number of rotatable bonds is 3. The first-order valence-corrected chi connectivity index (χ1v) is 12.3. The van der Waals surface area contributed by atoms with E-state index in [0.717, 1.165) is 25.7 Å². The number of benzene rings is 1. The molecule has 3 rings (SSSR count). The van der Waals surface area contributed by atoms with Crippen LogP contribution < -0.4 is 10.1 Å². The predicted octanol–water partition coefficient (Wildman–Crippen LogP) is 3.56. The smallest absolute Gasteiger partial charge is 0.257 e. The largest absolute Gasteiger partial charge is 0.491 e. The number of anilines is 1. The van der Waals surface area contributed by atoms with Crippen molar-refractivity contribution in [2.75, 3.05) is 39.2 Å². The van der Waals surface area contributed by atoms with Crippen molar-refractivity contribution in [2.45, 2.75) is 65.0 Å². The summed E-state index contributed by atoms with van der Waals surface area (Å²) in [6.45, 7) is 6.67. The van der Waals surface area contributed by atoms with E-state index in [1.165, 1.54) is 13.3 Å². The Labute approximate surface area is 202 Å². The Bertz CT molecular complexity index is 883. The molecule has 0 saturated heterocycles. The van der Waals surface area contributed by atoms with E-state index in [1.54, 1.807) is 37.3 Å². The maximum atomic E-state index is 13.6. The molecule has 2 aliphatic rings. The number of hydrogen-bond donors (Lipinski definition) is 1. The first-order chi connectivity index (χ1) is 16.2. The van der Waals surface area contributed by atoms with Crippen molar-refractivity contribution in [3.63, 3.8) is 0 Å². The van der Waals surface area contributed by atoms with Crippen LogP contribution in [0.1, 0.15) is 63.2 Å². The molecule has 0 bridgehead atoms. The van der Waals surface area contributed by atoms with Crippen LogP contribution in [0.25, 0.3) is 0 Å². The maximum Gasteiger partial charge on any atom is 0.257 e. The van der Waals surface area contributed by atoms with E-state index in [4.69, 9.17) is 9.47 Å². The normalized spacial score (nSPS) is 25.0. The zero-order valence-electron chi connectivity index (χ0n) is 21.1. The second-order valence-electron chi connectivity index (χ2n) is 9.81. The second kappa shape index (κ2) is 11.7. The summed E-state index contributed by atoms with van der Waals surface area (Å²) >= 11 is 0. The van der Waals surface area contributed by atoms with Crippen LogP contribution in [-0.2, 0) is 14.3 Å². The predicted molar refractivity (Wildman–Crippen MR) is 131 cm³/mol. The van der Waals surface area contributed by atoms with Gasteiger partial charge >= 0.3 is 0 Å². The highest BCUT2D eigenvalue weighted by molar-refractivity contribution is 5.98. The van der Waals surface area contributed by atoms with Gasteiger partial charge in [-0.05, 0) is 31.9 Å². The molecular weight excluding hydrogens is 434 g/mol. The highest BCUT2D eigenvalue weighted by atomic mass is 16.5. The summed E-state index contributed by atoms with van der Waals surface area (Å²) in [4.78, 5) is 41.9. The highest BCUT2D eigenvalue weighted by Crippen LogP contribution is 2.29. The van der Waals surface area contributed by atoms with Crippen LogP contribution in [0.3, 0.4) is 0 Å². The van der Waals surface area contributed by atoms with Gasteiger partial charge in [-0.3, -0.25) is 14.4 Å². The van der Waals surface area contributed by atoms with Crippen LogP contribution in [0.2, 0.25) is 0 Å². The number of ether oxygens (including phenoxy) is 2. The zero-order valence-corrected chi connectivity index (χ0v) is 21.1. The zero-order chi connectivity index (χ0) is 24.8. The lowest BCUT2D eigenvalue weighted by atomic mass is 9.87. The molecule has 0 spiro atoms. The topological polar surface area (TPSA) is 88.2 Å². The minimum Gasteiger partial charge on any atom is -0.491 e. The molecule has 3 atom stereocenters. The summed E-state index contributed by atoms with van der Waals surface area (Å²) in [6.07, 6.45) is 5.04. The Hall–Kier alpha value is -2.61. The van der Waals surface area contributed by atoms with E-state index in [0.29, 0.717) is 30.1 Å².